The first-order chi connectivity index (χ1) is 15.4. The lowest BCUT2D eigenvalue weighted by atomic mass is 10.0. The third-order valence-corrected chi connectivity index (χ3v) is 7.40. The van der Waals surface area contributed by atoms with Gasteiger partial charge in [-0.2, -0.15) is 0 Å². The summed E-state index contributed by atoms with van der Waals surface area (Å²) in [5.74, 6) is -0.489. The van der Waals surface area contributed by atoms with Crippen molar-refractivity contribution in [1.29, 1.82) is 0 Å². The molecule has 1 aliphatic heterocycles. The Hall–Kier alpha value is -3.45. The van der Waals surface area contributed by atoms with Crippen LogP contribution in [-0.2, 0) is 10.0 Å². The fourth-order valence-corrected chi connectivity index (χ4v) is 5.50. The second-order valence-corrected chi connectivity index (χ2v) is 9.80. The van der Waals surface area contributed by atoms with E-state index in [0.717, 1.165) is 12.0 Å². The summed E-state index contributed by atoms with van der Waals surface area (Å²) in [5, 5.41) is 2.82. The van der Waals surface area contributed by atoms with E-state index in [9.17, 15) is 18.0 Å². The summed E-state index contributed by atoms with van der Waals surface area (Å²) in [4.78, 5) is 26.0. The zero-order chi connectivity index (χ0) is 22.7. The SMILES string of the molecule is Cc1ccc(C(=O)Nc2ccccc2C(=O)c2ccccc2)cc1N1CCCCS1(=O)=O. The van der Waals surface area contributed by atoms with Gasteiger partial charge in [0.15, 0.2) is 5.78 Å². The Morgan fingerprint density at radius 3 is 2.34 bits per heavy atom. The van der Waals surface area contributed by atoms with Gasteiger partial charge in [0.25, 0.3) is 5.91 Å². The molecule has 0 aromatic heterocycles. The molecule has 1 fully saturated rings. The average Bonchev–Trinajstić information content (AvgIpc) is 2.80. The van der Waals surface area contributed by atoms with Crippen molar-refractivity contribution < 1.29 is 18.0 Å². The van der Waals surface area contributed by atoms with Gasteiger partial charge < -0.3 is 5.32 Å². The number of hydrogen-bond acceptors (Lipinski definition) is 4. The highest BCUT2D eigenvalue weighted by atomic mass is 32.2. The molecular formula is C25H24N2O4S. The first-order valence-corrected chi connectivity index (χ1v) is 12.1. The third kappa shape index (κ3) is 4.43. The largest absolute Gasteiger partial charge is 0.321 e. The van der Waals surface area contributed by atoms with E-state index >= 15 is 0 Å². The Bertz CT molecular complexity index is 1270. The lowest BCUT2D eigenvalue weighted by Gasteiger charge is -2.29. The summed E-state index contributed by atoms with van der Waals surface area (Å²) in [5.41, 5.74) is 2.95. The number of sulfonamides is 1. The molecule has 1 N–H and O–H groups in total. The standard InChI is InChI=1S/C25H24N2O4S/c1-18-13-14-20(17-23(18)27-15-7-8-16-32(27,30)31)25(29)26-22-12-6-5-11-21(22)24(28)19-9-3-2-4-10-19/h2-6,9-14,17H,7-8,15-16H2,1H3,(H,26,29). The van der Waals surface area contributed by atoms with Gasteiger partial charge in [0, 0.05) is 23.2 Å². The van der Waals surface area contributed by atoms with Crippen LogP contribution in [0, 0.1) is 6.92 Å². The molecular weight excluding hydrogens is 424 g/mol. The summed E-state index contributed by atoms with van der Waals surface area (Å²) in [6.07, 6.45) is 1.42. The van der Waals surface area contributed by atoms with Crippen molar-refractivity contribution in [2.24, 2.45) is 0 Å². The molecule has 0 saturated carbocycles. The Kier molecular flexibility index (Phi) is 6.10. The van der Waals surface area contributed by atoms with Gasteiger partial charge in [-0.05, 0) is 49.6 Å². The molecule has 1 aliphatic rings. The highest BCUT2D eigenvalue weighted by Gasteiger charge is 2.27. The number of benzene rings is 3. The normalized spacial score (nSPS) is 15.2. The number of aryl methyl sites for hydroxylation is 1. The van der Waals surface area contributed by atoms with Crippen molar-refractivity contribution in [3.8, 4) is 0 Å². The van der Waals surface area contributed by atoms with E-state index in [-0.39, 0.29) is 11.5 Å². The second-order valence-electron chi connectivity index (χ2n) is 7.79. The summed E-state index contributed by atoms with van der Waals surface area (Å²) in [6.45, 7) is 2.23. The maximum Gasteiger partial charge on any atom is 0.255 e. The molecule has 3 aromatic rings. The molecule has 164 valence electrons. The molecule has 32 heavy (non-hydrogen) atoms. The van der Waals surface area contributed by atoms with Crippen LogP contribution in [0.3, 0.4) is 0 Å². The van der Waals surface area contributed by atoms with Gasteiger partial charge in [-0.15, -0.1) is 0 Å². The van der Waals surface area contributed by atoms with E-state index in [1.54, 1.807) is 66.7 Å². The van der Waals surface area contributed by atoms with Gasteiger partial charge >= 0.3 is 0 Å². The minimum absolute atomic E-state index is 0.109. The molecule has 3 aromatic carbocycles. The van der Waals surface area contributed by atoms with Crippen LogP contribution in [0.15, 0.2) is 72.8 Å². The number of anilines is 2. The lowest BCUT2D eigenvalue weighted by Crippen LogP contribution is -2.38. The molecule has 6 nitrogen and oxygen atoms in total. The van der Waals surface area contributed by atoms with Gasteiger partial charge in [0.2, 0.25) is 10.0 Å². The quantitative estimate of drug-likeness (QED) is 0.586. The molecule has 1 heterocycles. The summed E-state index contributed by atoms with van der Waals surface area (Å²) >= 11 is 0. The van der Waals surface area contributed by atoms with Crippen molar-refractivity contribution in [2.75, 3.05) is 21.9 Å². The topological polar surface area (TPSA) is 83.6 Å². The highest BCUT2D eigenvalue weighted by molar-refractivity contribution is 7.92. The van der Waals surface area contributed by atoms with Crippen LogP contribution in [0.2, 0.25) is 0 Å². The molecule has 0 radical (unpaired) electrons. The van der Waals surface area contributed by atoms with Crippen LogP contribution in [-0.4, -0.2) is 32.4 Å². The minimum Gasteiger partial charge on any atom is -0.321 e. The summed E-state index contributed by atoms with van der Waals surface area (Å²) in [6, 6.07) is 20.7. The fourth-order valence-electron chi connectivity index (χ4n) is 3.81. The molecule has 0 unspecified atom stereocenters. The zero-order valence-electron chi connectivity index (χ0n) is 17.7. The zero-order valence-corrected chi connectivity index (χ0v) is 18.6. The van der Waals surface area contributed by atoms with Crippen LogP contribution in [0.5, 0.6) is 0 Å². The third-order valence-electron chi connectivity index (χ3n) is 5.55. The van der Waals surface area contributed by atoms with Crippen molar-refractivity contribution in [1.82, 2.24) is 0 Å². The van der Waals surface area contributed by atoms with Crippen LogP contribution < -0.4 is 9.62 Å². The smallest absolute Gasteiger partial charge is 0.255 e. The molecule has 0 bridgehead atoms. The second kappa shape index (κ2) is 8.96. The number of rotatable bonds is 5. The van der Waals surface area contributed by atoms with E-state index in [1.807, 2.05) is 13.0 Å². The molecule has 1 amide bonds. The fraction of sp³-hybridized carbons (Fsp3) is 0.200. The Balaban J connectivity index is 1.63. The van der Waals surface area contributed by atoms with E-state index in [1.165, 1.54) is 4.31 Å². The number of ketones is 1. The summed E-state index contributed by atoms with van der Waals surface area (Å²) in [7, 11) is -3.39. The number of para-hydroxylation sites is 1. The predicted octanol–water partition coefficient (Wildman–Crippen LogP) is 4.41. The molecule has 0 atom stereocenters. The number of nitrogens with one attached hydrogen (secondary N) is 1. The molecule has 1 saturated heterocycles. The van der Waals surface area contributed by atoms with E-state index in [4.69, 9.17) is 0 Å². The first-order valence-electron chi connectivity index (χ1n) is 10.5. The highest BCUT2D eigenvalue weighted by Crippen LogP contribution is 2.28. The number of carbonyl (C=O) groups is 2. The van der Waals surface area contributed by atoms with Crippen molar-refractivity contribution in [3.05, 3.63) is 95.1 Å². The summed E-state index contributed by atoms with van der Waals surface area (Å²) < 4.78 is 26.5. The average molecular weight is 449 g/mol. The molecule has 7 heteroatoms. The van der Waals surface area contributed by atoms with Crippen LogP contribution in [0.4, 0.5) is 11.4 Å². The van der Waals surface area contributed by atoms with Crippen molar-refractivity contribution in [3.63, 3.8) is 0 Å². The Morgan fingerprint density at radius 1 is 0.875 bits per heavy atom. The molecule has 0 spiro atoms. The minimum atomic E-state index is -3.39. The lowest BCUT2D eigenvalue weighted by molar-refractivity contribution is 0.102. The number of amides is 1. The Morgan fingerprint density at radius 2 is 1.59 bits per heavy atom. The first kappa shape index (κ1) is 21.8. The van der Waals surface area contributed by atoms with Gasteiger partial charge in [0.1, 0.15) is 0 Å². The molecule has 4 rings (SSSR count). The monoisotopic (exact) mass is 448 g/mol. The Labute approximate surface area is 187 Å². The van der Waals surface area contributed by atoms with Crippen LogP contribution in [0.1, 0.15) is 44.7 Å². The van der Waals surface area contributed by atoms with Gasteiger partial charge in [-0.3, -0.25) is 13.9 Å². The number of carbonyl (C=O) groups excluding carboxylic acids is 2. The van der Waals surface area contributed by atoms with Crippen molar-refractivity contribution in [2.45, 2.75) is 19.8 Å². The van der Waals surface area contributed by atoms with Crippen LogP contribution in [0.25, 0.3) is 0 Å². The predicted molar refractivity (Wildman–Crippen MR) is 126 cm³/mol. The van der Waals surface area contributed by atoms with E-state index < -0.39 is 15.9 Å². The maximum atomic E-state index is 13.0. The van der Waals surface area contributed by atoms with Crippen molar-refractivity contribution >= 4 is 33.1 Å². The number of hydrogen-bond donors (Lipinski definition) is 1. The van der Waals surface area contributed by atoms with Gasteiger partial charge in [-0.1, -0.05) is 48.5 Å². The van der Waals surface area contributed by atoms with E-state index in [0.29, 0.717) is 41.0 Å². The van der Waals surface area contributed by atoms with Gasteiger partial charge in [-0.25, -0.2) is 8.42 Å². The number of nitrogens with zero attached hydrogens (tertiary/aromatic N) is 1. The molecule has 0 aliphatic carbocycles. The maximum absolute atomic E-state index is 13.0. The van der Waals surface area contributed by atoms with E-state index in [2.05, 4.69) is 5.32 Å². The van der Waals surface area contributed by atoms with Crippen LogP contribution >= 0.6 is 0 Å². The van der Waals surface area contributed by atoms with Gasteiger partial charge in [0.05, 0.1) is 17.1 Å².